The van der Waals surface area contributed by atoms with Crippen LogP contribution in [-0.2, 0) is 3.79 Å². The molecule has 1 aliphatic rings. The van der Waals surface area contributed by atoms with Crippen LogP contribution in [0.25, 0.3) is 0 Å². The summed E-state index contributed by atoms with van der Waals surface area (Å²) in [6, 6.07) is 0. The van der Waals surface area contributed by atoms with Gasteiger partial charge in [-0.1, -0.05) is 11.7 Å². The lowest BCUT2D eigenvalue weighted by atomic mass is 10.2. The van der Waals surface area contributed by atoms with Crippen LogP contribution in [0.3, 0.4) is 0 Å². The summed E-state index contributed by atoms with van der Waals surface area (Å²) in [4.78, 5) is 0. The minimum absolute atomic E-state index is 0.311. The van der Waals surface area contributed by atoms with Crippen LogP contribution >= 0.6 is 23.2 Å². The van der Waals surface area contributed by atoms with Crippen LogP contribution in [0.15, 0.2) is 0 Å². The first kappa shape index (κ1) is 9.16. The quantitative estimate of drug-likeness (QED) is 0.486. The Balaban J connectivity index is 2.25. The van der Waals surface area contributed by atoms with E-state index in [1.807, 2.05) is 0 Å². The SMILES string of the molecule is ClCC1CC[CH2][Al]([CH2]Cl)[O]1. The highest BCUT2D eigenvalue weighted by molar-refractivity contribution is 6.62. The Labute approximate surface area is 76.4 Å². The van der Waals surface area contributed by atoms with Crippen LogP contribution in [0.1, 0.15) is 12.8 Å². The number of rotatable bonds is 2. The molecule has 1 unspecified atom stereocenters. The molecule has 0 aliphatic carbocycles. The summed E-state index contributed by atoms with van der Waals surface area (Å²) in [7, 11) is 0. The summed E-state index contributed by atoms with van der Waals surface area (Å²) in [5, 5.41) is 1.23. The van der Waals surface area contributed by atoms with Crippen molar-refractivity contribution < 1.29 is 3.79 Å². The summed E-state index contributed by atoms with van der Waals surface area (Å²) >= 11 is 10.4. The van der Waals surface area contributed by atoms with Crippen LogP contribution in [0.2, 0.25) is 5.28 Å². The normalized spacial score (nSPS) is 27.0. The molecule has 1 saturated heterocycles. The van der Waals surface area contributed by atoms with E-state index in [1.54, 1.807) is 0 Å². The topological polar surface area (TPSA) is 9.23 Å². The minimum atomic E-state index is -1.000. The summed E-state index contributed by atoms with van der Waals surface area (Å²) in [5.41, 5.74) is 0. The molecule has 0 N–H and O–H groups in total. The average Bonchev–Trinajstić information content (AvgIpc) is 2.05. The molecule has 0 aromatic rings. The molecule has 0 aromatic carbocycles. The van der Waals surface area contributed by atoms with Gasteiger partial charge in [-0.05, 0) is 6.42 Å². The molecule has 1 nitrogen and oxygen atoms in total. The van der Waals surface area contributed by atoms with Crippen molar-refractivity contribution in [2.45, 2.75) is 24.2 Å². The molecule has 0 radical (unpaired) electrons. The Kier molecular flexibility index (Phi) is 4.45. The Morgan fingerprint density at radius 1 is 1.50 bits per heavy atom. The number of halogens is 2. The second-order valence-electron chi connectivity index (χ2n) is 2.62. The van der Waals surface area contributed by atoms with Crippen molar-refractivity contribution in [2.75, 3.05) is 10.6 Å². The van der Waals surface area contributed by atoms with Crippen LogP contribution < -0.4 is 0 Å². The molecule has 1 atom stereocenters. The smallest absolute Gasteiger partial charge is 0.477 e. The summed E-state index contributed by atoms with van der Waals surface area (Å²) in [5.74, 6) is 0.639. The molecule has 0 bridgehead atoms. The zero-order valence-electron chi connectivity index (χ0n) is 5.85. The highest BCUT2D eigenvalue weighted by atomic mass is 35.5. The third-order valence-electron chi connectivity index (χ3n) is 1.78. The predicted molar refractivity (Wildman–Crippen MR) is 46.1 cm³/mol. The van der Waals surface area contributed by atoms with Gasteiger partial charge in [0, 0.05) is 16.7 Å². The number of hydrogen-bond acceptors (Lipinski definition) is 1. The fourth-order valence-electron chi connectivity index (χ4n) is 1.21. The van der Waals surface area contributed by atoms with E-state index in [4.69, 9.17) is 27.0 Å². The molecule has 0 saturated carbocycles. The number of alkyl halides is 2. The molecule has 10 heavy (non-hydrogen) atoms. The van der Waals surface area contributed by atoms with E-state index in [9.17, 15) is 0 Å². The first-order valence-electron chi connectivity index (χ1n) is 3.64. The summed E-state index contributed by atoms with van der Waals surface area (Å²) < 4.78 is 6.40. The van der Waals surface area contributed by atoms with Crippen molar-refractivity contribution in [3.8, 4) is 0 Å². The van der Waals surface area contributed by atoms with Crippen molar-refractivity contribution in [1.29, 1.82) is 0 Å². The van der Waals surface area contributed by atoms with Gasteiger partial charge in [-0.15, -0.1) is 23.2 Å². The molecular weight excluding hydrogens is 186 g/mol. The van der Waals surface area contributed by atoms with Crippen molar-refractivity contribution in [3.05, 3.63) is 0 Å². The Bertz CT molecular complexity index is 91.7. The van der Waals surface area contributed by atoms with Gasteiger partial charge in [-0.2, -0.15) is 0 Å². The van der Waals surface area contributed by atoms with E-state index in [-0.39, 0.29) is 0 Å². The van der Waals surface area contributed by atoms with Crippen LogP contribution in [-0.4, -0.2) is 31.2 Å². The van der Waals surface area contributed by atoms with Gasteiger partial charge in [0.05, 0.1) is 0 Å². The summed E-state index contributed by atoms with van der Waals surface area (Å²) in [6.45, 7) is 0. The Hall–Kier alpha value is 1.07. The minimum Gasteiger partial charge on any atom is -0.497 e. The molecule has 4 heteroatoms. The molecular formula is C6H11AlCl2O. The van der Waals surface area contributed by atoms with Crippen molar-refractivity contribution >= 4 is 37.7 Å². The molecule has 58 valence electrons. The van der Waals surface area contributed by atoms with Crippen LogP contribution in [0, 0.1) is 0 Å². The monoisotopic (exact) mass is 196 g/mol. The maximum atomic E-state index is 5.70. The second-order valence-corrected chi connectivity index (χ2v) is 6.26. The molecule has 0 amide bonds. The van der Waals surface area contributed by atoms with Crippen molar-refractivity contribution in [1.82, 2.24) is 0 Å². The molecule has 1 aliphatic heterocycles. The number of hydrogen-bond donors (Lipinski definition) is 0. The molecule has 1 heterocycles. The van der Waals surface area contributed by atoms with Gasteiger partial charge in [0.1, 0.15) is 0 Å². The average molecular weight is 197 g/mol. The van der Waals surface area contributed by atoms with E-state index in [1.165, 1.54) is 11.7 Å². The van der Waals surface area contributed by atoms with Gasteiger partial charge in [-0.25, -0.2) is 0 Å². The van der Waals surface area contributed by atoms with E-state index in [0.717, 1.165) is 11.2 Å². The summed E-state index contributed by atoms with van der Waals surface area (Å²) in [6.07, 6.45) is 2.70. The zero-order chi connectivity index (χ0) is 7.40. The van der Waals surface area contributed by atoms with Crippen LogP contribution in [0.4, 0.5) is 0 Å². The third-order valence-corrected chi connectivity index (χ3v) is 5.32. The zero-order valence-corrected chi connectivity index (χ0v) is 8.52. The van der Waals surface area contributed by atoms with E-state index in [2.05, 4.69) is 0 Å². The maximum absolute atomic E-state index is 5.70. The lowest BCUT2D eigenvalue weighted by molar-refractivity contribution is 0.194. The van der Waals surface area contributed by atoms with Crippen molar-refractivity contribution in [3.63, 3.8) is 0 Å². The maximum Gasteiger partial charge on any atom is 0.477 e. The van der Waals surface area contributed by atoms with Gasteiger partial charge in [0.2, 0.25) is 0 Å². The van der Waals surface area contributed by atoms with Gasteiger partial charge < -0.3 is 3.79 Å². The van der Waals surface area contributed by atoms with Gasteiger partial charge in [0.15, 0.2) is 0 Å². The van der Waals surface area contributed by atoms with Gasteiger partial charge >= 0.3 is 14.5 Å². The predicted octanol–water partition coefficient (Wildman–Crippen LogP) is 2.17. The van der Waals surface area contributed by atoms with Gasteiger partial charge in [-0.3, -0.25) is 0 Å². The molecule has 0 spiro atoms. The second kappa shape index (κ2) is 4.85. The molecule has 1 fully saturated rings. The first-order valence-corrected chi connectivity index (χ1v) is 6.81. The van der Waals surface area contributed by atoms with Crippen molar-refractivity contribution in [2.24, 2.45) is 0 Å². The molecule has 0 aromatic heterocycles. The highest BCUT2D eigenvalue weighted by Gasteiger charge is 2.27. The van der Waals surface area contributed by atoms with E-state index in [0.29, 0.717) is 12.0 Å². The lowest BCUT2D eigenvalue weighted by Gasteiger charge is -2.25. The highest BCUT2D eigenvalue weighted by Crippen LogP contribution is 2.18. The largest absolute Gasteiger partial charge is 0.497 e. The Morgan fingerprint density at radius 2 is 2.30 bits per heavy atom. The lowest BCUT2D eigenvalue weighted by Crippen LogP contribution is -2.33. The van der Waals surface area contributed by atoms with Crippen LogP contribution in [0.5, 0.6) is 0 Å². The first-order chi connectivity index (χ1) is 4.86. The fraction of sp³-hybridized carbons (Fsp3) is 1.00. The fourth-order valence-corrected chi connectivity index (χ4v) is 4.07. The Morgan fingerprint density at radius 3 is 2.90 bits per heavy atom. The molecule has 1 rings (SSSR count). The third kappa shape index (κ3) is 2.60. The van der Waals surface area contributed by atoms with Gasteiger partial charge in [0.25, 0.3) is 0 Å². The standard InChI is InChI=1S/C5H9ClO.CH2Cl.Al/c1-2-3-5(7)4-6;1-2;/h5H,1-4H2;1H2;/q-1;;+1. The van der Waals surface area contributed by atoms with E-state index < -0.39 is 14.5 Å². The van der Waals surface area contributed by atoms with E-state index >= 15 is 0 Å².